The third-order valence-corrected chi connectivity index (χ3v) is 2.45. The van der Waals surface area contributed by atoms with Crippen LogP contribution in [0.4, 0.5) is 0 Å². The molecule has 3 nitrogen and oxygen atoms in total. The van der Waals surface area contributed by atoms with Gasteiger partial charge in [-0.25, -0.2) is 4.79 Å². The van der Waals surface area contributed by atoms with E-state index in [1.54, 1.807) is 0 Å². The Hall–Kier alpha value is -0.830. The largest absolute Gasteiger partial charge is 0.463 e. The summed E-state index contributed by atoms with van der Waals surface area (Å²) in [6.45, 7) is 6.84. The molecular formula is C11H18O3. The molecule has 0 aliphatic carbocycles. The van der Waals surface area contributed by atoms with Crippen LogP contribution in [0, 0.1) is 0 Å². The molecule has 0 bridgehead atoms. The molecule has 0 spiro atoms. The molecule has 14 heavy (non-hydrogen) atoms. The van der Waals surface area contributed by atoms with Gasteiger partial charge in [0.15, 0.2) is 0 Å². The Morgan fingerprint density at radius 2 is 2.36 bits per heavy atom. The molecule has 0 saturated carbocycles. The van der Waals surface area contributed by atoms with Crippen LogP contribution in [-0.2, 0) is 14.3 Å². The van der Waals surface area contributed by atoms with E-state index in [-0.39, 0.29) is 12.1 Å². The van der Waals surface area contributed by atoms with E-state index in [2.05, 4.69) is 0 Å². The van der Waals surface area contributed by atoms with Gasteiger partial charge in [0.05, 0.1) is 19.3 Å². The van der Waals surface area contributed by atoms with E-state index in [4.69, 9.17) is 9.47 Å². The molecule has 0 aromatic rings. The zero-order valence-electron chi connectivity index (χ0n) is 9.13. The summed E-state index contributed by atoms with van der Waals surface area (Å²) in [5.74, 6) is -0.184. The Balaban J connectivity index is 2.66. The second kappa shape index (κ2) is 5.15. The minimum atomic E-state index is -0.184. The molecule has 0 aromatic carbocycles. The van der Waals surface area contributed by atoms with Gasteiger partial charge in [-0.05, 0) is 33.6 Å². The molecule has 1 heterocycles. The standard InChI is InChI=1S/C11H18O3/c1-4-13-11(12)9(3)10-5-6-14-8(2)7-10/h8H,4-7H2,1-3H3/b10-9+. The first kappa shape index (κ1) is 11.2. The predicted molar refractivity (Wildman–Crippen MR) is 54.0 cm³/mol. The number of carbonyl (C=O) groups excluding carboxylic acids is 1. The van der Waals surface area contributed by atoms with Crippen molar-refractivity contribution in [3.05, 3.63) is 11.1 Å². The number of hydrogen-bond donors (Lipinski definition) is 0. The van der Waals surface area contributed by atoms with E-state index in [9.17, 15) is 4.79 Å². The third-order valence-electron chi connectivity index (χ3n) is 2.45. The minimum absolute atomic E-state index is 0.184. The molecule has 1 aliphatic heterocycles. The van der Waals surface area contributed by atoms with Crippen molar-refractivity contribution in [2.45, 2.75) is 39.7 Å². The SMILES string of the molecule is CCOC(=O)/C(C)=C1\CCOC(C)C1. The van der Waals surface area contributed by atoms with Crippen molar-refractivity contribution in [2.24, 2.45) is 0 Å². The van der Waals surface area contributed by atoms with Crippen LogP contribution in [0.15, 0.2) is 11.1 Å². The van der Waals surface area contributed by atoms with E-state index < -0.39 is 0 Å². The van der Waals surface area contributed by atoms with Crippen LogP contribution in [0.25, 0.3) is 0 Å². The summed E-state index contributed by atoms with van der Waals surface area (Å²) >= 11 is 0. The lowest BCUT2D eigenvalue weighted by molar-refractivity contribution is -0.138. The van der Waals surface area contributed by atoms with Crippen LogP contribution in [0.1, 0.15) is 33.6 Å². The van der Waals surface area contributed by atoms with E-state index in [0.717, 1.165) is 18.4 Å². The predicted octanol–water partition coefficient (Wildman–Crippen LogP) is 2.06. The van der Waals surface area contributed by atoms with Crippen LogP contribution in [0.5, 0.6) is 0 Å². The van der Waals surface area contributed by atoms with Gasteiger partial charge in [0.2, 0.25) is 0 Å². The first-order valence-corrected chi connectivity index (χ1v) is 5.12. The second-order valence-electron chi connectivity index (χ2n) is 3.58. The maximum absolute atomic E-state index is 11.4. The van der Waals surface area contributed by atoms with Crippen LogP contribution >= 0.6 is 0 Å². The summed E-state index contributed by atoms with van der Waals surface area (Å²) < 4.78 is 10.4. The number of rotatable bonds is 2. The Kier molecular flexibility index (Phi) is 4.14. The van der Waals surface area contributed by atoms with Gasteiger partial charge in [0, 0.05) is 5.57 Å². The molecule has 0 aromatic heterocycles. The third kappa shape index (κ3) is 2.84. The highest BCUT2D eigenvalue weighted by Crippen LogP contribution is 2.22. The van der Waals surface area contributed by atoms with Crippen LogP contribution < -0.4 is 0 Å². The fourth-order valence-corrected chi connectivity index (χ4v) is 1.62. The van der Waals surface area contributed by atoms with Gasteiger partial charge >= 0.3 is 5.97 Å². The number of carbonyl (C=O) groups is 1. The smallest absolute Gasteiger partial charge is 0.333 e. The van der Waals surface area contributed by atoms with Gasteiger partial charge in [-0.2, -0.15) is 0 Å². The fourth-order valence-electron chi connectivity index (χ4n) is 1.62. The highest BCUT2D eigenvalue weighted by Gasteiger charge is 2.18. The molecule has 1 unspecified atom stereocenters. The Bertz CT molecular complexity index is 243. The number of hydrogen-bond acceptors (Lipinski definition) is 3. The lowest BCUT2D eigenvalue weighted by Crippen LogP contribution is -2.20. The van der Waals surface area contributed by atoms with Crippen molar-refractivity contribution < 1.29 is 14.3 Å². The van der Waals surface area contributed by atoms with Crippen molar-refractivity contribution in [3.8, 4) is 0 Å². The summed E-state index contributed by atoms with van der Waals surface area (Å²) in [7, 11) is 0. The number of ether oxygens (including phenoxy) is 2. The monoisotopic (exact) mass is 198 g/mol. The molecule has 1 aliphatic rings. The van der Waals surface area contributed by atoms with Crippen molar-refractivity contribution in [2.75, 3.05) is 13.2 Å². The van der Waals surface area contributed by atoms with Crippen molar-refractivity contribution in [1.82, 2.24) is 0 Å². The lowest BCUT2D eigenvalue weighted by atomic mass is 9.98. The molecule has 0 amide bonds. The Morgan fingerprint density at radius 3 is 2.93 bits per heavy atom. The van der Waals surface area contributed by atoms with Gasteiger partial charge in [-0.1, -0.05) is 5.57 Å². The minimum Gasteiger partial charge on any atom is -0.463 e. The topological polar surface area (TPSA) is 35.5 Å². The van der Waals surface area contributed by atoms with Gasteiger partial charge < -0.3 is 9.47 Å². The van der Waals surface area contributed by atoms with E-state index in [1.165, 1.54) is 5.57 Å². The van der Waals surface area contributed by atoms with Gasteiger partial charge in [0.1, 0.15) is 0 Å². The summed E-state index contributed by atoms with van der Waals surface area (Å²) in [6, 6.07) is 0. The summed E-state index contributed by atoms with van der Waals surface area (Å²) in [5, 5.41) is 0. The molecule has 3 heteroatoms. The molecular weight excluding hydrogens is 180 g/mol. The maximum Gasteiger partial charge on any atom is 0.333 e. The average Bonchev–Trinajstić information content (AvgIpc) is 2.17. The molecule has 0 N–H and O–H groups in total. The normalized spacial score (nSPS) is 25.8. The fraction of sp³-hybridized carbons (Fsp3) is 0.727. The highest BCUT2D eigenvalue weighted by atomic mass is 16.5. The molecule has 1 atom stereocenters. The Morgan fingerprint density at radius 1 is 1.64 bits per heavy atom. The van der Waals surface area contributed by atoms with E-state index in [0.29, 0.717) is 13.2 Å². The second-order valence-corrected chi connectivity index (χ2v) is 3.58. The van der Waals surface area contributed by atoms with Crippen LogP contribution in [-0.4, -0.2) is 25.3 Å². The van der Waals surface area contributed by atoms with E-state index in [1.807, 2.05) is 20.8 Å². The summed E-state index contributed by atoms with van der Waals surface area (Å²) in [5.41, 5.74) is 1.95. The van der Waals surface area contributed by atoms with Gasteiger partial charge in [0.25, 0.3) is 0 Å². The van der Waals surface area contributed by atoms with Crippen molar-refractivity contribution >= 4 is 5.97 Å². The zero-order valence-corrected chi connectivity index (χ0v) is 9.13. The molecule has 80 valence electrons. The van der Waals surface area contributed by atoms with Crippen LogP contribution in [0.3, 0.4) is 0 Å². The maximum atomic E-state index is 11.4. The van der Waals surface area contributed by atoms with Crippen molar-refractivity contribution in [1.29, 1.82) is 0 Å². The first-order valence-electron chi connectivity index (χ1n) is 5.12. The zero-order chi connectivity index (χ0) is 10.6. The number of esters is 1. The molecule has 0 radical (unpaired) electrons. The molecule has 1 fully saturated rings. The molecule has 1 rings (SSSR count). The summed E-state index contributed by atoms with van der Waals surface area (Å²) in [6.07, 6.45) is 1.93. The van der Waals surface area contributed by atoms with Crippen LogP contribution in [0.2, 0.25) is 0 Å². The van der Waals surface area contributed by atoms with E-state index >= 15 is 0 Å². The van der Waals surface area contributed by atoms with Gasteiger partial charge in [-0.3, -0.25) is 0 Å². The van der Waals surface area contributed by atoms with Gasteiger partial charge in [-0.15, -0.1) is 0 Å². The first-order chi connectivity index (χ1) is 6.65. The lowest BCUT2D eigenvalue weighted by Gasteiger charge is -2.23. The Labute approximate surface area is 85.1 Å². The highest BCUT2D eigenvalue weighted by molar-refractivity contribution is 5.88. The average molecular weight is 198 g/mol. The molecule has 1 saturated heterocycles. The summed E-state index contributed by atoms with van der Waals surface area (Å²) in [4.78, 5) is 11.4. The quantitative estimate of drug-likeness (QED) is 0.503. The van der Waals surface area contributed by atoms with Crippen molar-refractivity contribution in [3.63, 3.8) is 0 Å².